The van der Waals surface area contributed by atoms with Gasteiger partial charge in [-0.3, -0.25) is 4.79 Å². The Bertz CT molecular complexity index is 901. The molecule has 0 aliphatic carbocycles. The minimum absolute atomic E-state index is 0. The van der Waals surface area contributed by atoms with Crippen molar-refractivity contribution in [2.45, 2.75) is 32.9 Å². The molecular formula is C23H31FIN5O. The van der Waals surface area contributed by atoms with Gasteiger partial charge in [-0.2, -0.15) is 0 Å². The smallest absolute Gasteiger partial charge is 0.227 e. The molecule has 1 aliphatic heterocycles. The molecule has 0 bridgehead atoms. The number of nitrogens with zero attached hydrogens (tertiary/aromatic N) is 3. The number of guanidine groups is 1. The fourth-order valence-electron chi connectivity index (χ4n) is 3.42. The molecule has 1 fully saturated rings. The summed E-state index contributed by atoms with van der Waals surface area (Å²) in [5.41, 5.74) is 3.42. The maximum atomic E-state index is 14.2. The first-order valence-electron chi connectivity index (χ1n) is 10.3. The number of rotatable bonds is 7. The number of benzene rings is 2. The van der Waals surface area contributed by atoms with Gasteiger partial charge in [0.1, 0.15) is 5.82 Å². The van der Waals surface area contributed by atoms with Crippen LogP contribution in [0.1, 0.15) is 30.9 Å². The predicted molar refractivity (Wildman–Crippen MR) is 136 cm³/mol. The van der Waals surface area contributed by atoms with E-state index >= 15 is 0 Å². The molecule has 0 radical (unpaired) electrons. The highest BCUT2D eigenvalue weighted by Crippen LogP contribution is 2.21. The lowest BCUT2D eigenvalue weighted by Crippen LogP contribution is -2.36. The largest absolute Gasteiger partial charge is 0.375 e. The van der Waals surface area contributed by atoms with E-state index in [1.54, 1.807) is 11.0 Å². The molecule has 1 saturated heterocycles. The van der Waals surface area contributed by atoms with Gasteiger partial charge in [0, 0.05) is 45.8 Å². The molecule has 0 unspecified atom stereocenters. The lowest BCUT2D eigenvalue weighted by molar-refractivity contribution is -0.117. The summed E-state index contributed by atoms with van der Waals surface area (Å²) in [6, 6.07) is 13.2. The second kappa shape index (κ2) is 11.9. The van der Waals surface area contributed by atoms with E-state index in [0.29, 0.717) is 31.2 Å². The van der Waals surface area contributed by atoms with Gasteiger partial charge in [0.2, 0.25) is 5.91 Å². The van der Waals surface area contributed by atoms with E-state index in [1.807, 2.05) is 56.3 Å². The molecule has 31 heavy (non-hydrogen) atoms. The number of carbonyl (C=O) groups excluding carboxylic acids is 1. The van der Waals surface area contributed by atoms with Gasteiger partial charge >= 0.3 is 0 Å². The van der Waals surface area contributed by atoms with Crippen molar-refractivity contribution in [2.24, 2.45) is 4.99 Å². The maximum Gasteiger partial charge on any atom is 0.227 e. The summed E-state index contributed by atoms with van der Waals surface area (Å²) < 4.78 is 14.2. The first-order chi connectivity index (χ1) is 14.5. The number of hydrogen-bond acceptors (Lipinski definition) is 3. The van der Waals surface area contributed by atoms with Crippen LogP contribution in [0.2, 0.25) is 0 Å². The molecule has 2 aromatic rings. The summed E-state index contributed by atoms with van der Waals surface area (Å²) in [7, 11) is 3.64. The van der Waals surface area contributed by atoms with E-state index in [9.17, 15) is 9.18 Å². The first-order valence-corrected chi connectivity index (χ1v) is 10.3. The molecule has 0 spiro atoms. The van der Waals surface area contributed by atoms with Crippen LogP contribution in [0, 0.1) is 5.82 Å². The van der Waals surface area contributed by atoms with Crippen LogP contribution in [0.4, 0.5) is 15.8 Å². The molecular weight excluding hydrogens is 508 g/mol. The molecule has 2 N–H and O–H groups in total. The molecule has 168 valence electrons. The van der Waals surface area contributed by atoms with Crippen molar-refractivity contribution in [3.63, 3.8) is 0 Å². The van der Waals surface area contributed by atoms with Crippen LogP contribution < -0.4 is 20.4 Å². The number of amides is 1. The Hall–Kier alpha value is -2.36. The fraction of sp³-hybridized carbons (Fsp3) is 0.391. The second-order valence-electron chi connectivity index (χ2n) is 7.54. The number of carbonyl (C=O) groups is 1. The highest BCUT2D eigenvalue weighted by molar-refractivity contribution is 14.0. The van der Waals surface area contributed by atoms with Crippen LogP contribution in [0.3, 0.4) is 0 Å². The zero-order chi connectivity index (χ0) is 21.5. The molecule has 1 heterocycles. The van der Waals surface area contributed by atoms with Gasteiger partial charge in [-0.25, -0.2) is 9.38 Å². The molecule has 1 aliphatic rings. The third-order valence-corrected chi connectivity index (χ3v) is 5.04. The average molecular weight is 539 g/mol. The van der Waals surface area contributed by atoms with E-state index in [-0.39, 0.29) is 35.7 Å². The maximum absolute atomic E-state index is 14.2. The Kier molecular flexibility index (Phi) is 9.54. The average Bonchev–Trinajstić information content (AvgIpc) is 3.16. The lowest BCUT2D eigenvalue weighted by atomic mass is 10.2. The number of anilines is 2. The third kappa shape index (κ3) is 6.81. The van der Waals surface area contributed by atoms with Crippen molar-refractivity contribution in [1.82, 2.24) is 10.6 Å². The van der Waals surface area contributed by atoms with E-state index < -0.39 is 0 Å². The molecule has 0 saturated carbocycles. The van der Waals surface area contributed by atoms with Crippen molar-refractivity contribution in [3.05, 3.63) is 59.4 Å². The van der Waals surface area contributed by atoms with Crippen molar-refractivity contribution in [3.8, 4) is 0 Å². The van der Waals surface area contributed by atoms with Gasteiger partial charge in [-0.05, 0) is 48.7 Å². The topological polar surface area (TPSA) is 60.0 Å². The number of aliphatic imine (C=N–C) groups is 1. The standard InChI is InChI=1S/C23H30FN5O.HI/c1-4-25-23(27-16-18-9-12-21(28(2)3)20(24)14-18)26-15-17-7-10-19(11-8-17)29-13-5-6-22(29)30;/h7-12,14H,4-6,13,15-16H2,1-3H3,(H2,25,26,27);1H. The Morgan fingerprint density at radius 2 is 1.84 bits per heavy atom. The predicted octanol–water partition coefficient (Wildman–Crippen LogP) is 3.89. The third-order valence-electron chi connectivity index (χ3n) is 5.04. The summed E-state index contributed by atoms with van der Waals surface area (Å²) in [6.07, 6.45) is 1.56. The Morgan fingerprint density at radius 1 is 1.13 bits per heavy atom. The van der Waals surface area contributed by atoms with Crippen LogP contribution in [0.5, 0.6) is 0 Å². The van der Waals surface area contributed by atoms with Crippen LogP contribution >= 0.6 is 24.0 Å². The molecule has 3 rings (SSSR count). The molecule has 6 nitrogen and oxygen atoms in total. The minimum Gasteiger partial charge on any atom is -0.375 e. The summed E-state index contributed by atoms with van der Waals surface area (Å²) in [5.74, 6) is 0.619. The van der Waals surface area contributed by atoms with Crippen LogP contribution in [0.15, 0.2) is 47.5 Å². The van der Waals surface area contributed by atoms with Crippen LogP contribution in [-0.4, -0.2) is 39.1 Å². The van der Waals surface area contributed by atoms with Gasteiger partial charge in [-0.1, -0.05) is 18.2 Å². The quantitative estimate of drug-likeness (QED) is 0.319. The normalized spacial score (nSPS) is 13.7. The van der Waals surface area contributed by atoms with Gasteiger partial charge in [0.15, 0.2) is 5.96 Å². The number of nitrogens with one attached hydrogen (secondary N) is 2. The number of halogens is 2. The lowest BCUT2D eigenvalue weighted by Gasteiger charge is -2.16. The summed E-state index contributed by atoms with van der Waals surface area (Å²) in [4.78, 5) is 20.0. The van der Waals surface area contributed by atoms with E-state index in [1.165, 1.54) is 6.07 Å². The van der Waals surface area contributed by atoms with Gasteiger partial charge in [-0.15, -0.1) is 24.0 Å². The fourth-order valence-corrected chi connectivity index (χ4v) is 3.42. The van der Waals surface area contributed by atoms with E-state index in [2.05, 4.69) is 15.6 Å². The summed E-state index contributed by atoms with van der Waals surface area (Å²) in [5, 5.41) is 6.52. The zero-order valence-corrected chi connectivity index (χ0v) is 20.7. The SMILES string of the molecule is CCNC(=NCc1ccc(N(C)C)c(F)c1)NCc1ccc(N2CCCC2=O)cc1.I. The molecule has 2 aromatic carbocycles. The van der Waals surface area contributed by atoms with Gasteiger partial charge < -0.3 is 20.4 Å². The van der Waals surface area contributed by atoms with E-state index in [0.717, 1.165) is 36.3 Å². The second-order valence-corrected chi connectivity index (χ2v) is 7.54. The van der Waals surface area contributed by atoms with Gasteiger partial charge in [0.05, 0.1) is 12.2 Å². The highest BCUT2D eigenvalue weighted by Gasteiger charge is 2.21. The summed E-state index contributed by atoms with van der Waals surface area (Å²) in [6.45, 7) is 4.52. The Balaban J connectivity index is 0.00000341. The van der Waals surface area contributed by atoms with Crippen molar-refractivity contribution >= 4 is 47.2 Å². The van der Waals surface area contributed by atoms with Gasteiger partial charge in [0.25, 0.3) is 0 Å². The first kappa shape index (κ1) is 24.9. The van der Waals surface area contributed by atoms with Crippen LogP contribution in [0.25, 0.3) is 0 Å². The molecule has 0 atom stereocenters. The monoisotopic (exact) mass is 539 g/mol. The van der Waals surface area contributed by atoms with Crippen LogP contribution in [-0.2, 0) is 17.9 Å². The minimum atomic E-state index is -0.248. The van der Waals surface area contributed by atoms with Crippen molar-refractivity contribution < 1.29 is 9.18 Å². The number of hydrogen-bond donors (Lipinski definition) is 2. The Labute approximate surface area is 200 Å². The Morgan fingerprint density at radius 3 is 2.42 bits per heavy atom. The molecule has 0 aromatic heterocycles. The van der Waals surface area contributed by atoms with E-state index in [4.69, 9.17) is 0 Å². The zero-order valence-electron chi connectivity index (χ0n) is 18.3. The summed E-state index contributed by atoms with van der Waals surface area (Å²) >= 11 is 0. The highest BCUT2D eigenvalue weighted by atomic mass is 127. The molecule has 8 heteroatoms. The molecule has 1 amide bonds. The van der Waals surface area contributed by atoms with Crippen molar-refractivity contribution in [1.29, 1.82) is 0 Å². The van der Waals surface area contributed by atoms with Crippen molar-refractivity contribution in [2.75, 3.05) is 37.0 Å².